The lowest BCUT2D eigenvalue weighted by Gasteiger charge is -2.39. The number of anilines is 1. The van der Waals surface area contributed by atoms with Crippen LogP contribution in [0, 0.1) is 0 Å². The van der Waals surface area contributed by atoms with Crippen molar-refractivity contribution in [1.29, 1.82) is 0 Å². The number of nitrogens with one attached hydrogen (secondary N) is 1. The molecule has 34 heavy (non-hydrogen) atoms. The van der Waals surface area contributed by atoms with Crippen molar-refractivity contribution in [2.75, 3.05) is 57.7 Å². The van der Waals surface area contributed by atoms with Crippen LogP contribution < -0.4 is 5.32 Å². The van der Waals surface area contributed by atoms with Crippen LogP contribution in [0.25, 0.3) is 0 Å². The van der Waals surface area contributed by atoms with E-state index in [4.69, 9.17) is 4.74 Å². The summed E-state index contributed by atoms with van der Waals surface area (Å²) >= 11 is 0. The van der Waals surface area contributed by atoms with Crippen LogP contribution in [0.5, 0.6) is 0 Å². The number of hydrogen-bond donors (Lipinski definition) is 1. The first-order valence-corrected chi connectivity index (χ1v) is 12.3. The zero-order valence-corrected chi connectivity index (χ0v) is 20.3. The van der Waals surface area contributed by atoms with Gasteiger partial charge < -0.3 is 15.0 Å². The second-order valence-electron chi connectivity index (χ2n) is 9.26. The van der Waals surface area contributed by atoms with Gasteiger partial charge in [0.1, 0.15) is 0 Å². The quantitative estimate of drug-likeness (QED) is 0.683. The molecular weight excluding hydrogens is 428 g/mol. The number of morpholine rings is 1. The van der Waals surface area contributed by atoms with Crippen molar-refractivity contribution in [2.24, 2.45) is 0 Å². The van der Waals surface area contributed by atoms with E-state index >= 15 is 0 Å². The van der Waals surface area contributed by atoms with Gasteiger partial charge in [0.2, 0.25) is 11.8 Å². The van der Waals surface area contributed by atoms with Crippen LogP contribution in [0.3, 0.4) is 0 Å². The molecule has 2 heterocycles. The molecule has 1 N–H and O–H groups in total. The lowest BCUT2D eigenvalue weighted by molar-refractivity contribution is -0.138. The van der Waals surface area contributed by atoms with E-state index in [0.717, 1.165) is 36.3 Å². The number of ether oxygens (including phenoxy) is 1. The van der Waals surface area contributed by atoms with E-state index in [1.54, 1.807) is 0 Å². The molecule has 7 heteroatoms. The molecule has 0 bridgehead atoms. The Kier molecular flexibility index (Phi) is 8.32. The Morgan fingerprint density at radius 3 is 2.35 bits per heavy atom. The first kappa shape index (κ1) is 24.4. The summed E-state index contributed by atoms with van der Waals surface area (Å²) in [7, 11) is 0. The van der Waals surface area contributed by atoms with Crippen LogP contribution >= 0.6 is 0 Å². The van der Waals surface area contributed by atoms with Gasteiger partial charge in [0.15, 0.2) is 0 Å². The van der Waals surface area contributed by atoms with Gasteiger partial charge in [-0.2, -0.15) is 0 Å². The van der Waals surface area contributed by atoms with Crippen molar-refractivity contribution in [1.82, 2.24) is 14.7 Å². The van der Waals surface area contributed by atoms with E-state index < -0.39 is 0 Å². The Morgan fingerprint density at radius 1 is 0.912 bits per heavy atom. The molecular formula is C27H36N4O3. The van der Waals surface area contributed by atoms with Gasteiger partial charge in [0.25, 0.3) is 0 Å². The van der Waals surface area contributed by atoms with Crippen LogP contribution in [0.15, 0.2) is 54.6 Å². The molecule has 0 aromatic heterocycles. The van der Waals surface area contributed by atoms with Crippen LogP contribution in [-0.2, 0) is 20.7 Å². The minimum atomic E-state index is -0.00838. The highest BCUT2D eigenvalue weighted by Crippen LogP contribution is 2.25. The van der Waals surface area contributed by atoms with Crippen LogP contribution in [0.4, 0.5) is 5.69 Å². The number of carbonyl (C=O) groups is 2. The molecule has 2 amide bonds. The summed E-state index contributed by atoms with van der Waals surface area (Å²) in [6.07, 6.45) is 0.955. The van der Waals surface area contributed by atoms with Gasteiger partial charge in [-0.15, -0.1) is 0 Å². The predicted molar refractivity (Wildman–Crippen MR) is 134 cm³/mol. The molecule has 182 valence electrons. The standard InChI is InChI=1S/C27H36N4O3/c1-3-22-9-7-8-12-24(22)28-26(32)19-29-13-15-31(16-14-29)27(33)20-30-17-21(2)34-25(18-30)23-10-5-4-6-11-23/h4-12,21,25H,3,13-20H2,1-2H3,(H,28,32). The Morgan fingerprint density at radius 2 is 1.62 bits per heavy atom. The topological polar surface area (TPSA) is 65.1 Å². The average molecular weight is 465 g/mol. The smallest absolute Gasteiger partial charge is 0.238 e. The van der Waals surface area contributed by atoms with E-state index in [2.05, 4.69) is 41.1 Å². The summed E-state index contributed by atoms with van der Waals surface area (Å²) in [5, 5.41) is 3.04. The Balaban J connectivity index is 1.23. The molecule has 2 aromatic carbocycles. The van der Waals surface area contributed by atoms with Gasteiger partial charge in [-0.05, 0) is 30.5 Å². The Bertz CT molecular complexity index is 959. The molecule has 2 atom stereocenters. The van der Waals surface area contributed by atoms with Gasteiger partial charge in [-0.25, -0.2) is 0 Å². The van der Waals surface area contributed by atoms with Crippen LogP contribution in [0.1, 0.15) is 31.1 Å². The molecule has 2 aliphatic heterocycles. The highest BCUT2D eigenvalue weighted by Gasteiger charge is 2.30. The zero-order valence-electron chi connectivity index (χ0n) is 20.3. The summed E-state index contributed by atoms with van der Waals surface area (Å²) in [4.78, 5) is 31.8. The fraction of sp³-hybridized carbons (Fsp3) is 0.481. The molecule has 2 aliphatic rings. The summed E-state index contributed by atoms with van der Waals surface area (Å²) in [5.74, 6) is 0.150. The molecule has 2 fully saturated rings. The van der Waals surface area contributed by atoms with E-state index in [1.165, 1.54) is 0 Å². The minimum Gasteiger partial charge on any atom is -0.368 e. The fourth-order valence-corrected chi connectivity index (χ4v) is 4.81. The van der Waals surface area contributed by atoms with Gasteiger partial charge in [-0.1, -0.05) is 55.5 Å². The highest BCUT2D eigenvalue weighted by molar-refractivity contribution is 5.93. The van der Waals surface area contributed by atoms with E-state index in [0.29, 0.717) is 39.3 Å². The molecule has 0 saturated carbocycles. The maximum absolute atomic E-state index is 13.0. The molecule has 0 aliphatic carbocycles. The highest BCUT2D eigenvalue weighted by atomic mass is 16.5. The molecule has 7 nitrogen and oxygen atoms in total. The second-order valence-corrected chi connectivity index (χ2v) is 9.26. The lowest BCUT2D eigenvalue weighted by atomic mass is 10.1. The summed E-state index contributed by atoms with van der Waals surface area (Å²) in [6.45, 7) is 9.11. The molecule has 0 spiro atoms. The van der Waals surface area contributed by atoms with Crippen molar-refractivity contribution in [3.05, 3.63) is 65.7 Å². The lowest BCUT2D eigenvalue weighted by Crippen LogP contribution is -2.54. The number of rotatable bonds is 7. The second kappa shape index (κ2) is 11.6. The van der Waals surface area contributed by atoms with Crippen molar-refractivity contribution in [3.63, 3.8) is 0 Å². The number of benzene rings is 2. The van der Waals surface area contributed by atoms with E-state index in [-0.39, 0.29) is 24.0 Å². The summed E-state index contributed by atoms with van der Waals surface area (Å²) in [5.41, 5.74) is 3.18. The van der Waals surface area contributed by atoms with Gasteiger partial charge in [0, 0.05) is 45.0 Å². The first-order chi connectivity index (χ1) is 16.5. The van der Waals surface area contributed by atoms with Gasteiger partial charge in [0.05, 0.1) is 25.3 Å². The molecule has 4 rings (SSSR count). The number of piperazine rings is 1. The Hall–Kier alpha value is -2.74. The number of nitrogens with zero attached hydrogens (tertiary/aromatic N) is 3. The third kappa shape index (κ3) is 6.44. The predicted octanol–water partition coefficient (Wildman–Crippen LogP) is 2.79. The normalized spacial score (nSPS) is 21.9. The Labute approximate surface area is 202 Å². The number of para-hydroxylation sites is 1. The van der Waals surface area contributed by atoms with Gasteiger partial charge >= 0.3 is 0 Å². The third-order valence-electron chi connectivity index (χ3n) is 6.63. The fourth-order valence-electron chi connectivity index (χ4n) is 4.81. The van der Waals surface area contributed by atoms with Crippen molar-refractivity contribution in [2.45, 2.75) is 32.5 Å². The maximum Gasteiger partial charge on any atom is 0.238 e. The first-order valence-electron chi connectivity index (χ1n) is 12.3. The summed E-state index contributed by atoms with van der Waals surface area (Å²) < 4.78 is 6.13. The number of carbonyl (C=O) groups excluding carboxylic acids is 2. The minimum absolute atomic E-state index is 0.00469. The largest absolute Gasteiger partial charge is 0.368 e. The number of aryl methyl sites for hydroxylation is 1. The van der Waals surface area contributed by atoms with E-state index in [1.807, 2.05) is 47.4 Å². The maximum atomic E-state index is 13.0. The van der Waals surface area contributed by atoms with Crippen molar-refractivity contribution < 1.29 is 14.3 Å². The molecule has 2 saturated heterocycles. The number of amides is 2. The number of hydrogen-bond acceptors (Lipinski definition) is 5. The monoisotopic (exact) mass is 464 g/mol. The van der Waals surface area contributed by atoms with Crippen LogP contribution in [-0.4, -0.2) is 85.0 Å². The SMILES string of the molecule is CCc1ccccc1NC(=O)CN1CCN(C(=O)CN2CC(C)OC(c3ccccc3)C2)CC1. The van der Waals surface area contributed by atoms with Gasteiger partial charge in [-0.3, -0.25) is 19.4 Å². The average Bonchev–Trinajstić information content (AvgIpc) is 2.85. The molecule has 0 radical (unpaired) electrons. The molecule has 2 aromatic rings. The summed E-state index contributed by atoms with van der Waals surface area (Å²) in [6, 6.07) is 18.1. The van der Waals surface area contributed by atoms with Crippen molar-refractivity contribution >= 4 is 17.5 Å². The zero-order chi connectivity index (χ0) is 23.9. The molecule has 2 unspecified atom stereocenters. The van der Waals surface area contributed by atoms with E-state index in [9.17, 15) is 9.59 Å². The third-order valence-corrected chi connectivity index (χ3v) is 6.63. The van der Waals surface area contributed by atoms with Crippen LogP contribution in [0.2, 0.25) is 0 Å². The van der Waals surface area contributed by atoms with Crippen molar-refractivity contribution in [3.8, 4) is 0 Å².